The number of pyridine rings is 1. The number of likely N-dealkylation sites (N-methyl/N-ethyl adjacent to an activating group) is 1. The molecule has 0 saturated carbocycles. The Balaban J connectivity index is 1.64. The summed E-state index contributed by atoms with van der Waals surface area (Å²) in [5.41, 5.74) is 3.55. The van der Waals surface area contributed by atoms with Crippen LogP contribution >= 0.6 is 0 Å². The number of H-pyrrole nitrogens is 1. The molecule has 0 radical (unpaired) electrons. The van der Waals surface area contributed by atoms with Crippen molar-refractivity contribution in [3.63, 3.8) is 0 Å². The molecule has 3 aromatic rings. The molecule has 7 nitrogen and oxygen atoms in total. The van der Waals surface area contributed by atoms with E-state index in [2.05, 4.69) is 28.0 Å². The molecule has 0 spiro atoms. The van der Waals surface area contributed by atoms with Crippen molar-refractivity contribution in [3.8, 4) is 22.6 Å². The van der Waals surface area contributed by atoms with Crippen LogP contribution in [0.25, 0.3) is 22.2 Å². The van der Waals surface area contributed by atoms with Gasteiger partial charge < -0.3 is 24.3 Å². The molecule has 1 saturated heterocycles. The van der Waals surface area contributed by atoms with Gasteiger partial charge >= 0.3 is 0 Å². The van der Waals surface area contributed by atoms with Crippen LogP contribution in [0.3, 0.4) is 0 Å². The van der Waals surface area contributed by atoms with E-state index in [9.17, 15) is 4.79 Å². The first kappa shape index (κ1) is 19.3. The quantitative estimate of drug-likeness (QED) is 0.720. The number of aromatic amines is 1. The minimum Gasteiger partial charge on any atom is -0.497 e. The SMILES string of the molecule is COc1ccc(OC)c(-c2cnc3[nH]cc(CC(=O)N4CCN(C)CC4)c3c2)c1. The summed E-state index contributed by atoms with van der Waals surface area (Å²) >= 11 is 0. The fourth-order valence-corrected chi connectivity index (χ4v) is 3.72. The molecule has 1 fully saturated rings. The number of nitrogens with one attached hydrogen (secondary N) is 1. The van der Waals surface area contributed by atoms with E-state index in [4.69, 9.17) is 9.47 Å². The Kier molecular flexibility index (Phi) is 5.40. The molecule has 29 heavy (non-hydrogen) atoms. The fourth-order valence-electron chi connectivity index (χ4n) is 3.72. The number of rotatable bonds is 5. The third kappa shape index (κ3) is 3.91. The zero-order valence-electron chi connectivity index (χ0n) is 17.1. The number of benzene rings is 1. The van der Waals surface area contributed by atoms with Gasteiger partial charge in [0.15, 0.2) is 0 Å². The lowest BCUT2D eigenvalue weighted by Crippen LogP contribution is -2.47. The molecule has 0 unspecified atom stereocenters. The van der Waals surface area contributed by atoms with Crippen LogP contribution < -0.4 is 9.47 Å². The van der Waals surface area contributed by atoms with E-state index >= 15 is 0 Å². The van der Waals surface area contributed by atoms with Crippen LogP contribution in [0.5, 0.6) is 11.5 Å². The summed E-state index contributed by atoms with van der Waals surface area (Å²) in [4.78, 5) is 24.7. The number of amides is 1. The van der Waals surface area contributed by atoms with E-state index in [1.807, 2.05) is 35.5 Å². The predicted octanol–water partition coefficient (Wildman–Crippen LogP) is 2.56. The molecule has 1 amide bonds. The van der Waals surface area contributed by atoms with E-state index in [0.29, 0.717) is 6.42 Å². The second-order valence-corrected chi connectivity index (χ2v) is 7.36. The van der Waals surface area contributed by atoms with Crippen LogP contribution in [-0.2, 0) is 11.2 Å². The molecule has 152 valence electrons. The lowest BCUT2D eigenvalue weighted by atomic mass is 10.0. The Bertz CT molecular complexity index is 1020. The first-order valence-corrected chi connectivity index (χ1v) is 9.73. The Hall–Kier alpha value is -3.06. The number of hydrogen-bond acceptors (Lipinski definition) is 5. The summed E-state index contributed by atoms with van der Waals surface area (Å²) in [5, 5.41) is 0.954. The maximum Gasteiger partial charge on any atom is 0.227 e. The van der Waals surface area contributed by atoms with Crippen molar-refractivity contribution in [2.24, 2.45) is 0 Å². The molecule has 1 aliphatic rings. The lowest BCUT2D eigenvalue weighted by molar-refractivity contribution is -0.132. The molecule has 7 heteroatoms. The molecule has 4 rings (SSSR count). The van der Waals surface area contributed by atoms with Crippen molar-refractivity contribution in [3.05, 3.63) is 42.2 Å². The summed E-state index contributed by atoms with van der Waals surface area (Å²) in [6.07, 6.45) is 4.06. The second-order valence-electron chi connectivity index (χ2n) is 7.36. The Morgan fingerprint density at radius 1 is 1.14 bits per heavy atom. The average Bonchev–Trinajstić information content (AvgIpc) is 3.15. The largest absolute Gasteiger partial charge is 0.497 e. The number of piperazine rings is 1. The lowest BCUT2D eigenvalue weighted by Gasteiger charge is -2.32. The first-order chi connectivity index (χ1) is 14.1. The van der Waals surface area contributed by atoms with Crippen LogP contribution in [0.1, 0.15) is 5.56 Å². The van der Waals surface area contributed by atoms with Gasteiger partial charge in [0, 0.05) is 55.1 Å². The van der Waals surface area contributed by atoms with E-state index in [1.54, 1.807) is 14.2 Å². The predicted molar refractivity (Wildman–Crippen MR) is 112 cm³/mol. The van der Waals surface area contributed by atoms with E-state index in [1.165, 1.54) is 0 Å². The minimum absolute atomic E-state index is 0.156. The van der Waals surface area contributed by atoms with Gasteiger partial charge in [-0.3, -0.25) is 4.79 Å². The summed E-state index contributed by atoms with van der Waals surface area (Å²) in [5.74, 6) is 1.65. The number of hydrogen-bond donors (Lipinski definition) is 1. The number of carbonyl (C=O) groups is 1. The van der Waals surface area contributed by atoms with Gasteiger partial charge in [0.1, 0.15) is 17.1 Å². The molecule has 1 N–H and O–H groups in total. The third-order valence-electron chi connectivity index (χ3n) is 5.53. The van der Waals surface area contributed by atoms with Gasteiger partial charge in [0.2, 0.25) is 5.91 Å². The standard InChI is InChI=1S/C22H26N4O3/c1-25-6-8-26(9-7-25)21(27)11-16-14-24-22-19(16)10-15(13-23-22)18-12-17(28-2)4-5-20(18)29-3/h4-5,10,12-14H,6-9,11H2,1-3H3,(H,23,24). The van der Waals surface area contributed by atoms with Crippen molar-refractivity contribution >= 4 is 16.9 Å². The highest BCUT2D eigenvalue weighted by Gasteiger charge is 2.20. The van der Waals surface area contributed by atoms with Gasteiger partial charge in [-0.05, 0) is 36.9 Å². The Morgan fingerprint density at radius 3 is 2.66 bits per heavy atom. The highest BCUT2D eigenvalue weighted by molar-refractivity contribution is 5.90. The Morgan fingerprint density at radius 2 is 1.93 bits per heavy atom. The highest BCUT2D eigenvalue weighted by atomic mass is 16.5. The number of carbonyl (C=O) groups excluding carboxylic acids is 1. The van der Waals surface area contributed by atoms with Gasteiger partial charge in [-0.1, -0.05) is 0 Å². The molecule has 0 bridgehead atoms. The Labute approximate surface area is 170 Å². The minimum atomic E-state index is 0.156. The van der Waals surface area contributed by atoms with Crippen molar-refractivity contribution in [1.29, 1.82) is 0 Å². The van der Waals surface area contributed by atoms with Crippen molar-refractivity contribution < 1.29 is 14.3 Å². The van der Waals surface area contributed by atoms with E-state index in [0.717, 1.165) is 65.4 Å². The first-order valence-electron chi connectivity index (χ1n) is 9.73. The molecule has 2 aromatic heterocycles. The normalized spacial score (nSPS) is 14.9. The van der Waals surface area contributed by atoms with Gasteiger partial charge in [-0.15, -0.1) is 0 Å². The number of ether oxygens (including phenoxy) is 2. The fraction of sp³-hybridized carbons (Fsp3) is 0.364. The number of methoxy groups -OCH3 is 2. The van der Waals surface area contributed by atoms with Crippen LogP contribution in [0.2, 0.25) is 0 Å². The van der Waals surface area contributed by atoms with E-state index in [-0.39, 0.29) is 5.91 Å². The summed E-state index contributed by atoms with van der Waals surface area (Å²) < 4.78 is 10.9. The van der Waals surface area contributed by atoms with Gasteiger partial charge in [-0.2, -0.15) is 0 Å². The monoisotopic (exact) mass is 394 g/mol. The van der Waals surface area contributed by atoms with E-state index < -0.39 is 0 Å². The van der Waals surface area contributed by atoms with Crippen molar-refractivity contribution in [2.45, 2.75) is 6.42 Å². The summed E-state index contributed by atoms with van der Waals surface area (Å²) in [6.45, 7) is 3.40. The van der Waals surface area contributed by atoms with Crippen LogP contribution in [0.15, 0.2) is 36.7 Å². The average molecular weight is 394 g/mol. The maximum absolute atomic E-state index is 12.8. The zero-order valence-corrected chi connectivity index (χ0v) is 17.1. The van der Waals surface area contributed by atoms with Crippen LogP contribution in [0.4, 0.5) is 0 Å². The molecular formula is C22H26N4O3. The molecule has 1 aromatic carbocycles. The van der Waals surface area contributed by atoms with Crippen molar-refractivity contribution in [1.82, 2.24) is 19.8 Å². The molecule has 3 heterocycles. The van der Waals surface area contributed by atoms with Gasteiger partial charge in [0.25, 0.3) is 0 Å². The number of nitrogens with zero attached hydrogens (tertiary/aromatic N) is 3. The molecular weight excluding hydrogens is 368 g/mol. The number of aromatic nitrogens is 2. The molecule has 1 aliphatic heterocycles. The second kappa shape index (κ2) is 8.13. The van der Waals surface area contributed by atoms with Crippen LogP contribution in [-0.4, -0.2) is 73.1 Å². The summed E-state index contributed by atoms with van der Waals surface area (Å²) in [6, 6.07) is 7.74. The van der Waals surface area contributed by atoms with Gasteiger partial charge in [-0.25, -0.2) is 4.98 Å². The van der Waals surface area contributed by atoms with Crippen LogP contribution in [0, 0.1) is 0 Å². The summed E-state index contributed by atoms with van der Waals surface area (Å²) in [7, 11) is 5.37. The topological polar surface area (TPSA) is 70.7 Å². The zero-order chi connectivity index (χ0) is 20.4. The van der Waals surface area contributed by atoms with Gasteiger partial charge in [0.05, 0.1) is 20.6 Å². The smallest absolute Gasteiger partial charge is 0.227 e. The maximum atomic E-state index is 12.8. The highest BCUT2D eigenvalue weighted by Crippen LogP contribution is 2.34. The number of fused-ring (bicyclic) bond motifs is 1. The van der Waals surface area contributed by atoms with Crippen molar-refractivity contribution in [2.75, 3.05) is 47.4 Å². The third-order valence-corrected chi connectivity index (χ3v) is 5.53. The molecule has 0 atom stereocenters. The molecule has 0 aliphatic carbocycles.